The number of para-hydroxylation sites is 1. The average Bonchev–Trinajstić information content (AvgIpc) is 3.16. The molecule has 2 aromatic heterocycles. The fourth-order valence-electron chi connectivity index (χ4n) is 3.14. The molecule has 0 unspecified atom stereocenters. The predicted octanol–water partition coefficient (Wildman–Crippen LogP) is 5.12. The van der Waals surface area contributed by atoms with Gasteiger partial charge in [0.25, 0.3) is 0 Å². The summed E-state index contributed by atoms with van der Waals surface area (Å²) in [5, 5.41) is 18.6. The van der Waals surface area contributed by atoms with Gasteiger partial charge < -0.3 is 5.32 Å². The number of hydrogen-bond acceptors (Lipinski definition) is 4. The molecular formula is C22H18ClN5. The van der Waals surface area contributed by atoms with E-state index in [4.69, 9.17) is 16.9 Å². The molecule has 6 heteroatoms. The molecule has 1 N–H and O–H groups in total. The SMILES string of the molecule is C[C@@H](Cn1ccc(-c2ccc(C#N)c(Cl)c2)n1)Nc1cnc2ccccc2c1. The molecular weight excluding hydrogens is 370 g/mol. The Hall–Kier alpha value is -3.36. The normalized spacial score (nSPS) is 11.9. The van der Waals surface area contributed by atoms with Crippen molar-refractivity contribution in [3.05, 3.63) is 77.6 Å². The van der Waals surface area contributed by atoms with Crippen LogP contribution in [0.4, 0.5) is 5.69 Å². The van der Waals surface area contributed by atoms with Gasteiger partial charge in [-0.25, -0.2) is 0 Å². The molecule has 0 spiro atoms. The molecule has 0 aliphatic heterocycles. The standard InChI is InChI=1S/C22H18ClN5/c1-15(26-19-10-16-4-2-3-5-21(16)25-13-19)14-28-9-8-22(27-28)17-6-7-18(12-24)20(23)11-17/h2-11,13,15,26H,14H2,1H3/t15-/m0/s1. The molecule has 0 fully saturated rings. The Balaban J connectivity index is 1.45. The predicted molar refractivity (Wildman–Crippen MR) is 112 cm³/mol. The summed E-state index contributed by atoms with van der Waals surface area (Å²) in [5.74, 6) is 0. The zero-order valence-electron chi connectivity index (χ0n) is 15.3. The Morgan fingerprint density at radius 3 is 2.86 bits per heavy atom. The van der Waals surface area contributed by atoms with Crippen molar-refractivity contribution in [2.45, 2.75) is 19.5 Å². The van der Waals surface area contributed by atoms with Crippen molar-refractivity contribution >= 4 is 28.2 Å². The lowest BCUT2D eigenvalue weighted by Gasteiger charge is -2.15. The Morgan fingerprint density at radius 1 is 1.18 bits per heavy atom. The topological polar surface area (TPSA) is 66.5 Å². The van der Waals surface area contributed by atoms with Gasteiger partial charge >= 0.3 is 0 Å². The Kier molecular flexibility index (Phi) is 4.96. The van der Waals surface area contributed by atoms with E-state index in [9.17, 15) is 0 Å². The first-order valence-corrected chi connectivity index (χ1v) is 9.35. The lowest BCUT2D eigenvalue weighted by atomic mass is 10.1. The Bertz CT molecular complexity index is 1170. The number of pyridine rings is 1. The third kappa shape index (κ3) is 3.83. The van der Waals surface area contributed by atoms with Gasteiger partial charge in [-0.15, -0.1) is 0 Å². The van der Waals surface area contributed by atoms with Crippen molar-refractivity contribution in [3.8, 4) is 17.3 Å². The highest BCUT2D eigenvalue weighted by molar-refractivity contribution is 6.32. The van der Waals surface area contributed by atoms with Crippen molar-refractivity contribution in [2.24, 2.45) is 0 Å². The van der Waals surface area contributed by atoms with Crippen molar-refractivity contribution in [1.82, 2.24) is 14.8 Å². The van der Waals surface area contributed by atoms with Crippen LogP contribution in [0.15, 0.2) is 67.0 Å². The lowest BCUT2D eigenvalue weighted by molar-refractivity contribution is 0.562. The number of halogens is 1. The number of aromatic nitrogens is 3. The minimum atomic E-state index is 0.167. The molecule has 0 saturated carbocycles. The van der Waals surface area contributed by atoms with Gasteiger partial charge in [-0.05, 0) is 37.3 Å². The third-order valence-corrected chi connectivity index (χ3v) is 4.80. The molecule has 138 valence electrons. The Morgan fingerprint density at radius 2 is 2.04 bits per heavy atom. The van der Waals surface area contributed by atoms with Crippen molar-refractivity contribution < 1.29 is 0 Å². The van der Waals surface area contributed by atoms with E-state index < -0.39 is 0 Å². The minimum Gasteiger partial charge on any atom is -0.379 e. The van der Waals surface area contributed by atoms with Crippen LogP contribution in [0.5, 0.6) is 0 Å². The highest BCUT2D eigenvalue weighted by Crippen LogP contribution is 2.24. The van der Waals surface area contributed by atoms with Gasteiger partial charge in [0.05, 0.1) is 40.2 Å². The third-order valence-electron chi connectivity index (χ3n) is 4.49. The maximum atomic E-state index is 9.00. The largest absolute Gasteiger partial charge is 0.379 e. The van der Waals surface area contributed by atoms with Gasteiger partial charge in [-0.2, -0.15) is 10.4 Å². The van der Waals surface area contributed by atoms with Crippen LogP contribution in [0.1, 0.15) is 12.5 Å². The van der Waals surface area contributed by atoms with Crippen LogP contribution >= 0.6 is 11.6 Å². The first-order valence-electron chi connectivity index (χ1n) is 8.97. The summed E-state index contributed by atoms with van der Waals surface area (Å²) in [6.07, 6.45) is 3.80. The fraction of sp³-hybridized carbons (Fsp3) is 0.136. The van der Waals surface area contributed by atoms with E-state index >= 15 is 0 Å². The van der Waals surface area contributed by atoms with Gasteiger partial charge in [0.15, 0.2) is 0 Å². The molecule has 4 aromatic rings. The van der Waals surface area contributed by atoms with Crippen LogP contribution in [0.2, 0.25) is 5.02 Å². The second kappa shape index (κ2) is 7.71. The van der Waals surface area contributed by atoms with Gasteiger partial charge in [0.2, 0.25) is 0 Å². The summed E-state index contributed by atoms with van der Waals surface area (Å²) in [6, 6.07) is 19.7. The quantitative estimate of drug-likeness (QED) is 0.515. The van der Waals surface area contributed by atoms with Gasteiger partial charge in [0.1, 0.15) is 6.07 Å². The highest BCUT2D eigenvalue weighted by atomic mass is 35.5. The number of benzene rings is 2. The minimum absolute atomic E-state index is 0.167. The van der Waals surface area contributed by atoms with Crippen molar-refractivity contribution in [2.75, 3.05) is 5.32 Å². The molecule has 0 radical (unpaired) electrons. The second-order valence-electron chi connectivity index (χ2n) is 6.69. The van der Waals surface area contributed by atoms with Crippen LogP contribution in [-0.2, 0) is 6.54 Å². The summed E-state index contributed by atoms with van der Waals surface area (Å²) in [5.41, 5.74) is 4.15. The second-order valence-corrected chi connectivity index (χ2v) is 7.10. The van der Waals surface area contributed by atoms with E-state index in [-0.39, 0.29) is 6.04 Å². The highest BCUT2D eigenvalue weighted by Gasteiger charge is 2.09. The monoisotopic (exact) mass is 387 g/mol. The molecule has 0 amide bonds. The van der Waals surface area contributed by atoms with Crippen molar-refractivity contribution in [1.29, 1.82) is 5.26 Å². The number of hydrogen-bond donors (Lipinski definition) is 1. The molecule has 4 rings (SSSR count). The van der Waals surface area contributed by atoms with E-state index in [1.165, 1.54) is 0 Å². The van der Waals surface area contributed by atoms with E-state index in [1.54, 1.807) is 12.1 Å². The molecule has 2 aromatic carbocycles. The zero-order chi connectivity index (χ0) is 19.5. The molecule has 2 heterocycles. The van der Waals surface area contributed by atoms with Gasteiger partial charge in [0, 0.05) is 23.2 Å². The summed E-state index contributed by atoms with van der Waals surface area (Å²) in [6.45, 7) is 2.81. The molecule has 0 bridgehead atoms. The maximum absolute atomic E-state index is 9.00. The van der Waals surface area contributed by atoms with Crippen LogP contribution in [0.25, 0.3) is 22.2 Å². The fourth-order valence-corrected chi connectivity index (χ4v) is 3.37. The number of nitrogens with one attached hydrogen (secondary N) is 1. The summed E-state index contributed by atoms with van der Waals surface area (Å²) in [4.78, 5) is 4.49. The summed E-state index contributed by atoms with van der Waals surface area (Å²) >= 11 is 6.13. The number of nitriles is 1. The summed E-state index contributed by atoms with van der Waals surface area (Å²) < 4.78 is 1.90. The number of rotatable bonds is 5. The molecule has 28 heavy (non-hydrogen) atoms. The lowest BCUT2D eigenvalue weighted by Crippen LogP contribution is -2.22. The van der Waals surface area contributed by atoms with Gasteiger partial charge in [-0.3, -0.25) is 9.67 Å². The zero-order valence-corrected chi connectivity index (χ0v) is 16.1. The first-order chi connectivity index (χ1) is 13.6. The molecule has 0 aliphatic rings. The first kappa shape index (κ1) is 18.0. The molecule has 5 nitrogen and oxygen atoms in total. The van der Waals surface area contributed by atoms with Crippen LogP contribution in [-0.4, -0.2) is 20.8 Å². The number of anilines is 1. The van der Waals surface area contributed by atoms with Crippen LogP contribution in [0.3, 0.4) is 0 Å². The maximum Gasteiger partial charge on any atom is 0.101 e. The van der Waals surface area contributed by atoms with Crippen LogP contribution < -0.4 is 5.32 Å². The number of fused-ring (bicyclic) bond motifs is 1. The number of nitrogens with zero attached hydrogens (tertiary/aromatic N) is 4. The van der Waals surface area contributed by atoms with E-state index in [0.717, 1.165) is 27.8 Å². The molecule has 0 aliphatic carbocycles. The molecule has 1 atom stereocenters. The van der Waals surface area contributed by atoms with E-state index in [1.807, 2.05) is 47.4 Å². The van der Waals surface area contributed by atoms with E-state index in [2.05, 4.69) is 40.5 Å². The van der Waals surface area contributed by atoms with Crippen molar-refractivity contribution in [3.63, 3.8) is 0 Å². The molecule has 0 saturated heterocycles. The Labute approximate surface area is 168 Å². The van der Waals surface area contributed by atoms with Crippen LogP contribution in [0, 0.1) is 11.3 Å². The smallest absolute Gasteiger partial charge is 0.101 e. The van der Waals surface area contributed by atoms with E-state index in [0.29, 0.717) is 17.1 Å². The average molecular weight is 388 g/mol. The van der Waals surface area contributed by atoms with Gasteiger partial charge in [-0.1, -0.05) is 35.9 Å². The summed E-state index contributed by atoms with van der Waals surface area (Å²) in [7, 11) is 0.